The molecule has 0 bridgehead atoms. The monoisotopic (exact) mass is 216 g/mol. The molecule has 0 aliphatic heterocycles. The second-order valence-corrected chi connectivity index (χ2v) is 7.28. The summed E-state index contributed by atoms with van der Waals surface area (Å²) in [5, 5.41) is 9.33. The zero-order valence-corrected chi connectivity index (χ0v) is 10.1. The van der Waals surface area contributed by atoms with Gasteiger partial charge in [0, 0.05) is 4.75 Å². The van der Waals surface area contributed by atoms with E-state index in [-0.39, 0.29) is 4.75 Å². The molecule has 1 aliphatic carbocycles. The fraction of sp³-hybridized carbons (Fsp3) is 0.909. The average Bonchev–Trinajstić information content (AvgIpc) is 2.02. The predicted octanol–water partition coefficient (Wildman–Crippen LogP) is 3.31. The molecule has 14 heavy (non-hydrogen) atoms. The third-order valence-electron chi connectivity index (χ3n) is 2.55. The van der Waals surface area contributed by atoms with Crippen molar-refractivity contribution in [3.63, 3.8) is 0 Å². The van der Waals surface area contributed by atoms with Crippen molar-refractivity contribution < 1.29 is 9.90 Å². The van der Waals surface area contributed by atoms with Crippen LogP contribution in [-0.2, 0) is 4.79 Å². The van der Waals surface area contributed by atoms with Crippen molar-refractivity contribution in [1.82, 2.24) is 0 Å². The lowest BCUT2D eigenvalue weighted by molar-refractivity contribution is -0.140. The largest absolute Gasteiger partial charge is 0.480 e. The van der Waals surface area contributed by atoms with Gasteiger partial charge in [0.2, 0.25) is 0 Å². The van der Waals surface area contributed by atoms with Crippen LogP contribution in [0.5, 0.6) is 0 Å². The molecule has 1 fully saturated rings. The standard InChI is InChI=1S/C11H20O2S/c1-10(2,3)14-11(9(12)13)7-5-4-6-8-11/h4-8H2,1-3H3,(H,12,13). The molecule has 0 unspecified atom stereocenters. The van der Waals surface area contributed by atoms with Crippen LogP contribution in [-0.4, -0.2) is 20.6 Å². The smallest absolute Gasteiger partial charge is 0.319 e. The Labute approximate surface area is 90.5 Å². The summed E-state index contributed by atoms with van der Waals surface area (Å²) >= 11 is 1.63. The highest BCUT2D eigenvalue weighted by Gasteiger charge is 2.43. The van der Waals surface area contributed by atoms with Crippen molar-refractivity contribution in [2.45, 2.75) is 62.4 Å². The number of thioether (sulfide) groups is 1. The molecule has 0 atom stereocenters. The average molecular weight is 216 g/mol. The molecule has 1 rings (SSSR count). The third-order valence-corrected chi connectivity index (χ3v) is 4.14. The van der Waals surface area contributed by atoms with E-state index >= 15 is 0 Å². The van der Waals surface area contributed by atoms with Crippen molar-refractivity contribution in [2.75, 3.05) is 0 Å². The number of hydrogen-bond acceptors (Lipinski definition) is 2. The molecule has 1 saturated carbocycles. The van der Waals surface area contributed by atoms with Gasteiger partial charge in [0.15, 0.2) is 0 Å². The Hall–Kier alpha value is -0.180. The van der Waals surface area contributed by atoms with Gasteiger partial charge in [-0.15, -0.1) is 11.8 Å². The Morgan fingerprint density at radius 1 is 1.21 bits per heavy atom. The third kappa shape index (κ3) is 2.91. The molecular weight excluding hydrogens is 196 g/mol. The zero-order valence-electron chi connectivity index (χ0n) is 9.30. The maximum absolute atomic E-state index is 11.3. The summed E-state index contributed by atoms with van der Waals surface area (Å²) in [6, 6.07) is 0. The van der Waals surface area contributed by atoms with Crippen LogP contribution in [0.25, 0.3) is 0 Å². The van der Waals surface area contributed by atoms with Crippen LogP contribution in [0.3, 0.4) is 0 Å². The van der Waals surface area contributed by atoms with Gasteiger partial charge in [-0.25, -0.2) is 0 Å². The van der Waals surface area contributed by atoms with Crippen LogP contribution in [0.4, 0.5) is 0 Å². The van der Waals surface area contributed by atoms with Gasteiger partial charge in [-0.1, -0.05) is 40.0 Å². The van der Waals surface area contributed by atoms with Crippen molar-refractivity contribution in [1.29, 1.82) is 0 Å². The van der Waals surface area contributed by atoms with Crippen molar-refractivity contribution in [3.8, 4) is 0 Å². The summed E-state index contributed by atoms with van der Waals surface area (Å²) in [7, 11) is 0. The molecule has 1 N–H and O–H groups in total. The Morgan fingerprint density at radius 3 is 2.07 bits per heavy atom. The van der Waals surface area contributed by atoms with E-state index in [1.807, 2.05) is 0 Å². The number of rotatable bonds is 2. The fourth-order valence-electron chi connectivity index (χ4n) is 2.07. The molecule has 2 nitrogen and oxygen atoms in total. The lowest BCUT2D eigenvalue weighted by atomic mass is 9.88. The lowest BCUT2D eigenvalue weighted by Gasteiger charge is -2.37. The molecule has 0 radical (unpaired) electrons. The quantitative estimate of drug-likeness (QED) is 0.769. The summed E-state index contributed by atoms with van der Waals surface area (Å²) in [6.07, 6.45) is 5.00. The topological polar surface area (TPSA) is 37.3 Å². The van der Waals surface area contributed by atoms with Gasteiger partial charge >= 0.3 is 5.97 Å². The van der Waals surface area contributed by atoms with E-state index in [4.69, 9.17) is 0 Å². The fourth-order valence-corrected chi connectivity index (χ4v) is 3.82. The Balaban J connectivity index is 2.76. The summed E-state index contributed by atoms with van der Waals surface area (Å²) in [6.45, 7) is 6.28. The number of carbonyl (C=O) groups is 1. The minimum atomic E-state index is -0.614. The molecule has 0 saturated heterocycles. The molecule has 3 heteroatoms. The molecule has 0 aromatic rings. The molecule has 0 aromatic carbocycles. The van der Waals surface area contributed by atoms with E-state index in [9.17, 15) is 9.90 Å². The molecule has 1 aliphatic rings. The number of hydrogen-bond donors (Lipinski definition) is 1. The van der Waals surface area contributed by atoms with Crippen molar-refractivity contribution >= 4 is 17.7 Å². The molecule has 0 amide bonds. The highest BCUT2D eigenvalue weighted by Crippen LogP contribution is 2.45. The van der Waals surface area contributed by atoms with Crippen LogP contribution in [0.2, 0.25) is 0 Å². The van der Waals surface area contributed by atoms with Crippen LogP contribution in [0, 0.1) is 0 Å². The molecule has 0 aromatic heterocycles. The van der Waals surface area contributed by atoms with E-state index in [0.29, 0.717) is 0 Å². The van der Waals surface area contributed by atoms with E-state index < -0.39 is 10.7 Å². The minimum Gasteiger partial charge on any atom is -0.480 e. The highest BCUT2D eigenvalue weighted by molar-refractivity contribution is 8.02. The molecule has 0 spiro atoms. The molecule has 0 heterocycles. The molecule has 82 valence electrons. The van der Waals surface area contributed by atoms with E-state index in [1.54, 1.807) is 11.8 Å². The Morgan fingerprint density at radius 2 is 1.71 bits per heavy atom. The summed E-state index contributed by atoms with van der Waals surface area (Å²) < 4.78 is -0.466. The first-order valence-electron chi connectivity index (χ1n) is 5.29. The second-order valence-electron chi connectivity index (χ2n) is 5.07. The SMILES string of the molecule is CC(C)(C)SC1(C(=O)O)CCCCC1. The van der Waals surface area contributed by atoms with Crippen LogP contribution < -0.4 is 0 Å². The van der Waals surface area contributed by atoms with Gasteiger partial charge in [0.05, 0.1) is 0 Å². The van der Waals surface area contributed by atoms with Gasteiger partial charge < -0.3 is 5.11 Å². The van der Waals surface area contributed by atoms with Crippen molar-refractivity contribution in [2.24, 2.45) is 0 Å². The van der Waals surface area contributed by atoms with E-state index in [1.165, 1.54) is 6.42 Å². The predicted molar refractivity (Wildman–Crippen MR) is 60.8 cm³/mol. The number of aliphatic carboxylic acids is 1. The zero-order chi connectivity index (χ0) is 10.8. The number of carboxylic acid groups (broad SMARTS) is 1. The first-order chi connectivity index (χ1) is 6.36. The first-order valence-corrected chi connectivity index (χ1v) is 6.11. The lowest BCUT2D eigenvalue weighted by Crippen LogP contribution is -2.40. The van der Waals surface area contributed by atoms with Gasteiger partial charge in [0.1, 0.15) is 4.75 Å². The van der Waals surface area contributed by atoms with Gasteiger partial charge in [0.25, 0.3) is 0 Å². The second kappa shape index (κ2) is 4.13. The maximum atomic E-state index is 11.3. The molecular formula is C11H20O2S. The van der Waals surface area contributed by atoms with Gasteiger partial charge in [-0.2, -0.15) is 0 Å². The van der Waals surface area contributed by atoms with Gasteiger partial charge in [-0.3, -0.25) is 4.79 Å². The van der Waals surface area contributed by atoms with Crippen molar-refractivity contribution in [3.05, 3.63) is 0 Å². The van der Waals surface area contributed by atoms with Crippen LogP contribution in [0.15, 0.2) is 0 Å². The summed E-state index contributed by atoms with van der Waals surface area (Å²) in [5.74, 6) is -0.614. The van der Waals surface area contributed by atoms with E-state index in [0.717, 1.165) is 25.7 Å². The van der Waals surface area contributed by atoms with Crippen LogP contribution >= 0.6 is 11.8 Å². The normalized spacial score (nSPS) is 21.9. The minimum absolute atomic E-state index is 0.0374. The first kappa shape index (κ1) is 11.9. The van der Waals surface area contributed by atoms with Crippen LogP contribution in [0.1, 0.15) is 52.9 Å². The van der Waals surface area contributed by atoms with E-state index in [2.05, 4.69) is 20.8 Å². The Bertz CT molecular complexity index is 212. The number of carboxylic acids is 1. The highest BCUT2D eigenvalue weighted by atomic mass is 32.2. The summed E-state index contributed by atoms with van der Waals surface area (Å²) in [4.78, 5) is 11.3. The summed E-state index contributed by atoms with van der Waals surface area (Å²) in [5.41, 5.74) is 0. The Kier molecular flexibility index (Phi) is 3.51. The maximum Gasteiger partial charge on any atom is 0.319 e. The van der Waals surface area contributed by atoms with Gasteiger partial charge in [-0.05, 0) is 12.8 Å².